The number of aliphatic hydroxyl groups is 2. The first kappa shape index (κ1) is 46.7. The topological polar surface area (TPSA) is 176 Å². The van der Waals surface area contributed by atoms with Crippen molar-refractivity contribution in [1.29, 1.82) is 0 Å². The SMILES string of the molecule is Cc1c(Cl)c2c(Cl)c(C)c1-c1c(-c3ccc(F)cc3)sc3ncnc(c13)O[C@@H](C(=O)O)Cc1cc(ccc1OCc1ccnc(N3CC(C(CO)CO)C3)n1)OC[C@@H](CN1CCN(C)CC1)O2. The summed E-state index contributed by atoms with van der Waals surface area (Å²) in [7, 11) is 2.10. The Morgan fingerprint density at radius 1 is 0.955 bits per heavy atom. The normalized spacial score (nSPS) is 18.3. The Kier molecular flexibility index (Phi) is 14.0. The number of aliphatic carboxylic acids is 1. The molecule has 10 rings (SSSR count). The average molecular weight is 975 g/mol. The van der Waals surface area contributed by atoms with Gasteiger partial charge in [0.15, 0.2) is 5.75 Å². The summed E-state index contributed by atoms with van der Waals surface area (Å²) in [6.07, 6.45) is 0.779. The quantitative estimate of drug-likeness (QED) is 0.122. The molecular weight excluding hydrogens is 925 g/mol. The Labute approximate surface area is 400 Å². The van der Waals surface area contributed by atoms with Crippen molar-refractivity contribution < 1.29 is 43.5 Å². The van der Waals surface area contributed by atoms with Crippen LogP contribution in [0.3, 0.4) is 0 Å². The molecule has 0 amide bonds. The molecule has 0 saturated carbocycles. The molecule has 0 aliphatic carbocycles. The number of carboxylic acids is 1. The van der Waals surface area contributed by atoms with E-state index in [0.717, 1.165) is 26.2 Å². The maximum absolute atomic E-state index is 14.4. The molecule has 15 nitrogen and oxygen atoms in total. The number of carboxylic acid groups (broad SMARTS) is 1. The maximum Gasteiger partial charge on any atom is 0.345 e. The molecular formula is C48H50Cl2FN7O8S. The van der Waals surface area contributed by atoms with E-state index >= 15 is 0 Å². The van der Waals surface area contributed by atoms with Crippen LogP contribution in [-0.2, 0) is 17.8 Å². The molecule has 6 aromatic rings. The summed E-state index contributed by atoms with van der Waals surface area (Å²) in [5.41, 5.74) is 4.29. The van der Waals surface area contributed by atoms with Crippen LogP contribution in [0, 0.1) is 31.5 Å². The Morgan fingerprint density at radius 3 is 2.39 bits per heavy atom. The number of nitrogens with zero attached hydrogens (tertiary/aromatic N) is 7. The van der Waals surface area contributed by atoms with Crippen LogP contribution in [0.15, 0.2) is 61.1 Å². The summed E-state index contributed by atoms with van der Waals surface area (Å²) in [5.74, 6) is -0.0900. The van der Waals surface area contributed by atoms with Crippen molar-refractivity contribution in [3.63, 3.8) is 0 Å². The van der Waals surface area contributed by atoms with E-state index in [1.807, 2.05) is 18.7 Å². The highest BCUT2D eigenvalue weighted by Crippen LogP contribution is 2.53. The molecule has 3 aromatic heterocycles. The van der Waals surface area contributed by atoms with E-state index in [-0.39, 0.29) is 60.6 Å². The lowest BCUT2D eigenvalue weighted by molar-refractivity contribution is -0.145. The van der Waals surface area contributed by atoms with E-state index in [2.05, 4.69) is 31.8 Å². The van der Waals surface area contributed by atoms with Gasteiger partial charge in [-0.3, -0.25) is 4.90 Å². The number of hydrogen-bond donors (Lipinski definition) is 3. The number of aromatic nitrogens is 4. The number of carbonyl (C=O) groups is 1. The highest BCUT2D eigenvalue weighted by atomic mass is 35.5. The molecule has 0 unspecified atom stereocenters. The summed E-state index contributed by atoms with van der Waals surface area (Å²) in [4.78, 5) is 39.4. The lowest BCUT2D eigenvalue weighted by atomic mass is 9.87. The van der Waals surface area contributed by atoms with E-state index in [0.29, 0.717) is 97.0 Å². The van der Waals surface area contributed by atoms with Crippen molar-refractivity contribution >= 4 is 56.7 Å². The van der Waals surface area contributed by atoms with Crippen LogP contribution >= 0.6 is 34.5 Å². The average Bonchev–Trinajstić information content (AvgIpc) is 3.70. The van der Waals surface area contributed by atoms with Gasteiger partial charge in [0, 0.05) is 99.5 Å². The zero-order chi connectivity index (χ0) is 46.9. The van der Waals surface area contributed by atoms with E-state index in [1.165, 1.54) is 29.8 Å². The Balaban J connectivity index is 1.12. The fourth-order valence-electron chi connectivity index (χ4n) is 8.81. The van der Waals surface area contributed by atoms with Crippen molar-refractivity contribution in [2.75, 3.05) is 77.6 Å². The Bertz CT molecular complexity index is 2740. The zero-order valence-electron chi connectivity index (χ0n) is 37.1. The molecule has 19 heteroatoms. The monoisotopic (exact) mass is 973 g/mol. The van der Waals surface area contributed by atoms with Gasteiger partial charge in [0.05, 0.1) is 21.1 Å². The van der Waals surface area contributed by atoms with Crippen LogP contribution in [0.2, 0.25) is 10.0 Å². The third kappa shape index (κ3) is 9.82. The fraction of sp³-hybridized carbons (Fsp3) is 0.396. The van der Waals surface area contributed by atoms with Gasteiger partial charge in [-0.05, 0) is 79.5 Å². The van der Waals surface area contributed by atoms with E-state index in [1.54, 1.807) is 42.6 Å². The number of anilines is 1. The summed E-state index contributed by atoms with van der Waals surface area (Å²) >= 11 is 16.0. The van der Waals surface area contributed by atoms with Gasteiger partial charge in [-0.2, -0.15) is 0 Å². The van der Waals surface area contributed by atoms with E-state index < -0.39 is 24.0 Å². The second-order valence-corrected chi connectivity index (χ2v) is 19.0. The van der Waals surface area contributed by atoms with E-state index in [4.69, 9.17) is 47.1 Å². The predicted octanol–water partition coefficient (Wildman–Crippen LogP) is 6.96. The molecule has 7 heterocycles. The number of thiophene rings is 1. The standard InChI is InChI=1S/C48H50Cl2FN7O8S/c1-26-38-27(2)42(50)43(41(26)49)65-35(20-57-14-12-56(3)13-15-57)24-63-34-8-9-36(64-23-33-10-11-52-48(55-33)58-18-30(19-58)31(21-59)22-60)29(16-34)17-37(47(61)62)66-45-40-39(38)44(67-46(40)54-25-53-45)28-4-6-32(51)7-5-28/h4-11,16,25,30-31,35,37,59-60H,12-15,17-24H2,1-3H3,(H,61,62)/t35-,37-/m1/s1. The molecule has 3 N–H and O–H groups in total. The minimum Gasteiger partial charge on any atom is -0.490 e. The number of halogens is 3. The maximum atomic E-state index is 14.4. The fourth-order valence-corrected chi connectivity index (χ4v) is 10.5. The smallest absolute Gasteiger partial charge is 0.345 e. The van der Waals surface area contributed by atoms with Crippen LogP contribution in [0.5, 0.6) is 23.1 Å². The van der Waals surface area contributed by atoms with Crippen molar-refractivity contribution in [3.8, 4) is 44.7 Å². The summed E-state index contributed by atoms with van der Waals surface area (Å²) in [5, 5.41) is 31.2. The number of benzene rings is 3. The third-order valence-electron chi connectivity index (χ3n) is 12.8. The van der Waals surface area contributed by atoms with Crippen LogP contribution in [0.4, 0.5) is 10.3 Å². The number of fused-ring (bicyclic) bond motifs is 7. The molecule has 0 radical (unpaired) electrons. The van der Waals surface area contributed by atoms with Crippen molar-refractivity contribution in [1.82, 2.24) is 29.7 Å². The molecule has 2 saturated heterocycles. The highest BCUT2D eigenvalue weighted by Gasteiger charge is 2.35. The summed E-state index contributed by atoms with van der Waals surface area (Å²) < 4.78 is 40.6. The second kappa shape index (κ2) is 20.1. The molecule has 4 bridgehead atoms. The van der Waals surface area contributed by atoms with Crippen molar-refractivity contribution in [2.24, 2.45) is 11.8 Å². The molecule has 2 atom stereocenters. The number of ether oxygens (including phenoxy) is 4. The first-order valence-electron chi connectivity index (χ1n) is 22.0. The van der Waals surface area contributed by atoms with Crippen LogP contribution in [0.1, 0.15) is 22.4 Å². The molecule has 352 valence electrons. The molecule has 0 spiro atoms. The lowest BCUT2D eigenvalue weighted by Gasteiger charge is -2.42. The summed E-state index contributed by atoms with van der Waals surface area (Å²) in [6, 6.07) is 13.1. The molecule has 4 aliphatic heterocycles. The van der Waals surface area contributed by atoms with Crippen molar-refractivity contribution in [3.05, 3.63) is 99.3 Å². The van der Waals surface area contributed by atoms with E-state index in [9.17, 15) is 24.5 Å². The lowest BCUT2D eigenvalue weighted by Crippen LogP contribution is -2.52. The van der Waals surface area contributed by atoms with Gasteiger partial charge in [-0.15, -0.1) is 11.3 Å². The minimum absolute atomic E-state index is 0.0147. The predicted molar refractivity (Wildman–Crippen MR) is 254 cm³/mol. The summed E-state index contributed by atoms with van der Waals surface area (Å²) in [6.45, 7) is 8.82. The molecule has 3 aromatic carbocycles. The van der Waals surface area contributed by atoms with Crippen LogP contribution < -0.4 is 23.8 Å². The molecule has 67 heavy (non-hydrogen) atoms. The largest absolute Gasteiger partial charge is 0.490 e. The number of piperazine rings is 1. The van der Waals surface area contributed by atoms with Gasteiger partial charge < -0.3 is 44.1 Å². The zero-order valence-corrected chi connectivity index (χ0v) is 39.5. The molecule has 4 aliphatic rings. The van der Waals surface area contributed by atoms with Crippen molar-refractivity contribution in [2.45, 2.75) is 39.1 Å². The Hall–Kier alpha value is -5.40. The van der Waals surface area contributed by atoms with Crippen LogP contribution in [0.25, 0.3) is 31.8 Å². The Morgan fingerprint density at radius 2 is 1.69 bits per heavy atom. The number of rotatable bonds is 11. The van der Waals surface area contributed by atoms with Crippen LogP contribution in [-0.4, -0.2) is 136 Å². The molecule has 2 fully saturated rings. The van der Waals surface area contributed by atoms with Gasteiger partial charge in [0.25, 0.3) is 0 Å². The van der Waals surface area contributed by atoms with Gasteiger partial charge >= 0.3 is 5.97 Å². The minimum atomic E-state index is -1.48. The van der Waals surface area contributed by atoms with Gasteiger partial charge in [-0.1, -0.05) is 35.3 Å². The number of hydrogen-bond acceptors (Lipinski definition) is 15. The number of likely N-dealkylation sites (N-methyl/N-ethyl adjacent to an activating group) is 1. The first-order chi connectivity index (χ1) is 32.4. The van der Waals surface area contributed by atoms with Gasteiger partial charge in [0.2, 0.25) is 17.9 Å². The van der Waals surface area contributed by atoms with Gasteiger partial charge in [-0.25, -0.2) is 29.1 Å². The second-order valence-electron chi connectivity index (χ2n) is 17.3. The first-order valence-corrected chi connectivity index (χ1v) is 23.6. The highest BCUT2D eigenvalue weighted by molar-refractivity contribution is 7.22. The number of aliphatic hydroxyl groups excluding tert-OH is 2. The van der Waals surface area contributed by atoms with Gasteiger partial charge in [0.1, 0.15) is 47.8 Å². The third-order valence-corrected chi connectivity index (χ3v) is 14.8.